The first-order chi connectivity index (χ1) is 17.1. The number of carbonyl (C=O) groups excluding carboxylic acids is 1. The van der Waals surface area contributed by atoms with Crippen molar-refractivity contribution in [3.8, 4) is 0 Å². The molecule has 7 heteroatoms. The molecule has 4 aromatic rings. The number of nitrogens with two attached hydrogens (primary N) is 2. The lowest BCUT2D eigenvalue weighted by Crippen LogP contribution is -2.40. The minimum Gasteiger partial charge on any atom is -0.370 e. The van der Waals surface area contributed by atoms with Crippen molar-refractivity contribution in [2.45, 2.75) is 18.9 Å². The van der Waals surface area contributed by atoms with Gasteiger partial charge in [0.1, 0.15) is 6.04 Å². The van der Waals surface area contributed by atoms with Gasteiger partial charge in [-0.05, 0) is 24.1 Å². The molecule has 0 saturated heterocycles. The number of amides is 1. The summed E-state index contributed by atoms with van der Waals surface area (Å²) >= 11 is 0. The van der Waals surface area contributed by atoms with E-state index in [1.807, 2.05) is 83.9 Å². The van der Waals surface area contributed by atoms with E-state index in [1.165, 1.54) is 0 Å². The zero-order valence-electron chi connectivity index (χ0n) is 19.4. The summed E-state index contributed by atoms with van der Waals surface area (Å²) in [6, 6.07) is 25.6. The molecule has 5 N–H and O–H groups in total. The van der Waals surface area contributed by atoms with Crippen molar-refractivity contribution in [3.05, 3.63) is 102 Å². The number of nitrogens with zero attached hydrogens (tertiary/aromatic N) is 3. The molecule has 0 radical (unpaired) electrons. The molecule has 0 saturated carbocycles. The molecule has 176 valence electrons. The van der Waals surface area contributed by atoms with Crippen LogP contribution in [0.5, 0.6) is 0 Å². The number of H-pyrrole nitrogens is 1. The molecule has 2 heterocycles. The van der Waals surface area contributed by atoms with Gasteiger partial charge in [-0.2, -0.15) is 0 Å². The number of fused-ring (bicyclic) bond motifs is 2. The largest absolute Gasteiger partial charge is 0.370 e. The Morgan fingerprint density at radius 2 is 1.71 bits per heavy atom. The van der Waals surface area contributed by atoms with Gasteiger partial charge in [0, 0.05) is 47.7 Å². The first-order valence-electron chi connectivity index (χ1n) is 11.8. The lowest BCUT2D eigenvalue weighted by atomic mass is 10.00. The number of aliphatic imine (C=N–C) groups is 2. The summed E-state index contributed by atoms with van der Waals surface area (Å²) < 4.78 is 0. The summed E-state index contributed by atoms with van der Waals surface area (Å²) in [4.78, 5) is 28.4. The molecule has 1 aliphatic rings. The average Bonchev–Trinajstić information content (AvgIpc) is 3.24. The molecule has 5 rings (SSSR count). The summed E-state index contributed by atoms with van der Waals surface area (Å²) in [5.41, 5.74) is 16.7. The standard InChI is InChI=1S/C28H28N6O/c29-28(30)31-15-8-16-34-25-14-7-5-12-22(25)26(19-9-2-1-3-10-19)33-24(27(34)35)17-20-18-32-23-13-6-4-11-21(20)23/h1-7,9-14,18,24,32H,8,15-17H2,(H4,29,30,31). The first-order valence-corrected chi connectivity index (χ1v) is 11.8. The molecule has 1 atom stereocenters. The Morgan fingerprint density at radius 3 is 2.54 bits per heavy atom. The van der Waals surface area contributed by atoms with Crippen LogP contribution in [0, 0.1) is 0 Å². The SMILES string of the molecule is NC(N)=NCCCN1C(=O)C(Cc2c[nH]c3ccccc23)N=C(c2ccccc2)c2ccccc21. The van der Waals surface area contributed by atoms with Gasteiger partial charge in [0.15, 0.2) is 5.96 Å². The number of benzene rings is 3. The number of nitrogens with one attached hydrogen (secondary N) is 1. The van der Waals surface area contributed by atoms with Crippen molar-refractivity contribution in [2.24, 2.45) is 21.5 Å². The molecule has 0 fully saturated rings. The minimum absolute atomic E-state index is 0.0293. The van der Waals surface area contributed by atoms with Crippen molar-refractivity contribution in [2.75, 3.05) is 18.0 Å². The van der Waals surface area contributed by atoms with E-state index >= 15 is 0 Å². The Hall–Kier alpha value is -4.39. The molecule has 1 aliphatic heterocycles. The second kappa shape index (κ2) is 9.85. The van der Waals surface area contributed by atoms with Crippen LogP contribution in [0.2, 0.25) is 0 Å². The second-order valence-electron chi connectivity index (χ2n) is 8.59. The van der Waals surface area contributed by atoms with Gasteiger partial charge in [0.05, 0.1) is 11.4 Å². The molecular formula is C28H28N6O. The van der Waals surface area contributed by atoms with Gasteiger partial charge >= 0.3 is 0 Å². The number of hydrogen-bond donors (Lipinski definition) is 3. The molecule has 0 spiro atoms. The second-order valence-corrected chi connectivity index (χ2v) is 8.59. The number of aromatic amines is 1. The van der Waals surface area contributed by atoms with Crippen LogP contribution in [0.15, 0.2) is 95.0 Å². The highest BCUT2D eigenvalue weighted by Gasteiger charge is 2.32. The van der Waals surface area contributed by atoms with Gasteiger partial charge in [-0.25, -0.2) is 0 Å². The number of anilines is 1. The highest BCUT2D eigenvalue weighted by molar-refractivity contribution is 6.20. The van der Waals surface area contributed by atoms with E-state index < -0.39 is 6.04 Å². The fourth-order valence-electron chi connectivity index (χ4n) is 4.62. The van der Waals surface area contributed by atoms with E-state index in [0.717, 1.165) is 39.0 Å². The third-order valence-electron chi connectivity index (χ3n) is 6.26. The van der Waals surface area contributed by atoms with Crippen molar-refractivity contribution in [1.82, 2.24) is 4.98 Å². The zero-order valence-corrected chi connectivity index (χ0v) is 19.4. The summed E-state index contributed by atoms with van der Waals surface area (Å²) in [5, 5.41) is 1.11. The monoisotopic (exact) mass is 464 g/mol. The Morgan fingerprint density at radius 1 is 0.971 bits per heavy atom. The molecule has 1 aromatic heterocycles. The molecule has 0 bridgehead atoms. The molecule has 1 amide bonds. The van der Waals surface area contributed by atoms with Crippen molar-refractivity contribution >= 4 is 34.2 Å². The molecular weight excluding hydrogens is 436 g/mol. The fourth-order valence-corrected chi connectivity index (χ4v) is 4.62. The minimum atomic E-state index is -0.570. The van der Waals surface area contributed by atoms with Gasteiger partial charge in [0.25, 0.3) is 5.91 Å². The predicted molar refractivity (Wildman–Crippen MR) is 142 cm³/mol. The van der Waals surface area contributed by atoms with Crippen LogP contribution in [-0.4, -0.2) is 41.7 Å². The van der Waals surface area contributed by atoms with Crippen LogP contribution in [0.4, 0.5) is 5.69 Å². The quantitative estimate of drug-likeness (QED) is 0.220. The van der Waals surface area contributed by atoms with Crippen molar-refractivity contribution in [1.29, 1.82) is 0 Å². The van der Waals surface area contributed by atoms with E-state index in [-0.39, 0.29) is 11.9 Å². The first kappa shape index (κ1) is 22.4. The number of para-hydroxylation sites is 2. The van der Waals surface area contributed by atoms with Gasteiger partial charge in [-0.1, -0.05) is 66.7 Å². The van der Waals surface area contributed by atoms with E-state index in [0.29, 0.717) is 25.9 Å². The third kappa shape index (κ3) is 4.66. The van der Waals surface area contributed by atoms with Crippen LogP contribution >= 0.6 is 0 Å². The lowest BCUT2D eigenvalue weighted by molar-refractivity contribution is -0.119. The molecule has 35 heavy (non-hydrogen) atoms. The average molecular weight is 465 g/mol. The third-order valence-corrected chi connectivity index (χ3v) is 6.26. The zero-order chi connectivity index (χ0) is 24.2. The maximum absolute atomic E-state index is 14.0. The Labute approximate surface area is 204 Å². The lowest BCUT2D eigenvalue weighted by Gasteiger charge is -2.25. The fraction of sp³-hybridized carbons (Fsp3) is 0.179. The highest BCUT2D eigenvalue weighted by atomic mass is 16.2. The Balaban J connectivity index is 1.58. The summed E-state index contributed by atoms with van der Waals surface area (Å²) in [7, 11) is 0. The van der Waals surface area contributed by atoms with Gasteiger partial charge in [-0.3, -0.25) is 14.8 Å². The molecule has 3 aromatic carbocycles. The topological polar surface area (TPSA) is 113 Å². The number of rotatable bonds is 7. The number of guanidine groups is 1. The number of carbonyl (C=O) groups is 1. The summed E-state index contributed by atoms with van der Waals surface area (Å²) in [6.45, 7) is 0.947. The molecule has 7 nitrogen and oxygen atoms in total. The number of aromatic nitrogens is 1. The molecule has 0 aliphatic carbocycles. The normalized spacial score (nSPS) is 15.4. The van der Waals surface area contributed by atoms with Crippen LogP contribution in [0.3, 0.4) is 0 Å². The van der Waals surface area contributed by atoms with Crippen LogP contribution < -0.4 is 16.4 Å². The predicted octanol–water partition coefficient (Wildman–Crippen LogP) is 3.63. The van der Waals surface area contributed by atoms with Crippen molar-refractivity contribution in [3.63, 3.8) is 0 Å². The van der Waals surface area contributed by atoms with E-state index in [9.17, 15) is 4.79 Å². The molecule has 1 unspecified atom stereocenters. The van der Waals surface area contributed by atoms with Crippen LogP contribution in [0.1, 0.15) is 23.1 Å². The van der Waals surface area contributed by atoms with Crippen LogP contribution in [0.25, 0.3) is 10.9 Å². The van der Waals surface area contributed by atoms with Crippen molar-refractivity contribution < 1.29 is 4.79 Å². The summed E-state index contributed by atoms with van der Waals surface area (Å²) in [5.74, 6) is 0.0258. The maximum atomic E-state index is 14.0. The summed E-state index contributed by atoms with van der Waals surface area (Å²) in [6.07, 6.45) is 3.12. The van der Waals surface area contributed by atoms with Gasteiger partial charge in [-0.15, -0.1) is 0 Å². The van der Waals surface area contributed by atoms with Crippen LogP contribution in [-0.2, 0) is 11.2 Å². The van der Waals surface area contributed by atoms with E-state index in [1.54, 1.807) is 0 Å². The Bertz CT molecular complexity index is 1400. The van der Waals surface area contributed by atoms with E-state index in [4.69, 9.17) is 16.5 Å². The van der Waals surface area contributed by atoms with E-state index in [2.05, 4.69) is 16.0 Å². The highest BCUT2D eigenvalue weighted by Crippen LogP contribution is 2.30. The Kier molecular flexibility index (Phi) is 6.30. The van der Waals surface area contributed by atoms with Gasteiger partial charge in [0.2, 0.25) is 0 Å². The maximum Gasteiger partial charge on any atom is 0.252 e. The number of hydrogen-bond acceptors (Lipinski definition) is 3. The smallest absolute Gasteiger partial charge is 0.252 e. The number of benzodiazepines with no additional fused rings is 1. The van der Waals surface area contributed by atoms with Gasteiger partial charge < -0.3 is 21.4 Å².